The zero-order valence-electron chi connectivity index (χ0n) is 7.44. The fourth-order valence-corrected chi connectivity index (χ4v) is 1.54. The van der Waals surface area contributed by atoms with Crippen LogP contribution in [0.15, 0.2) is 5.03 Å². The second-order valence-electron chi connectivity index (χ2n) is 2.19. The van der Waals surface area contributed by atoms with Crippen molar-refractivity contribution in [1.82, 2.24) is 9.97 Å². The Hall–Kier alpha value is -1.01. The smallest absolute Gasteiger partial charge is 0.360 e. The average molecular weight is 235 g/mol. The Labute approximate surface area is 89.5 Å². The lowest BCUT2D eigenvalue weighted by Gasteiger charge is -2.05. The summed E-state index contributed by atoms with van der Waals surface area (Å²) in [5.74, 6) is -1.25. The van der Waals surface area contributed by atoms with Crippen molar-refractivity contribution in [3.63, 3.8) is 0 Å². The summed E-state index contributed by atoms with van der Waals surface area (Å²) in [5.41, 5.74) is -0.282. The van der Waals surface area contributed by atoms with Crippen LogP contribution >= 0.6 is 23.4 Å². The maximum Gasteiger partial charge on any atom is 0.360 e. The van der Waals surface area contributed by atoms with E-state index in [1.807, 2.05) is 0 Å². The number of carboxylic acids is 1. The Balaban J connectivity index is 3.31. The summed E-state index contributed by atoms with van der Waals surface area (Å²) >= 11 is 6.96. The van der Waals surface area contributed by atoms with Crippen LogP contribution < -0.4 is 4.74 Å². The SMILES string of the molecule is COc1nc(SC)c(Cl)nc1C(=O)O. The molecule has 7 heteroatoms. The number of hydrogen-bond acceptors (Lipinski definition) is 5. The molecule has 0 aliphatic heterocycles. The molecule has 0 aromatic carbocycles. The van der Waals surface area contributed by atoms with Gasteiger partial charge in [-0.1, -0.05) is 11.6 Å². The van der Waals surface area contributed by atoms with Gasteiger partial charge in [-0.2, -0.15) is 0 Å². The predicted molar refractivity (Wildman–Crippen MR) is 52.3 cm³/mol. The number of hydrogen-bond donors (Lipinski definition) is 1. The van der Waals surface area contributed by atoms with Gasteiger partial charge in [-0.25, -0.2) is 14.8 Å². The quantitative estimate of drug-likeness (QED) is 0.801. The zero-order valence-corrected chi connectivity index (χ0v) is 9.02. The number of aromatic carboxylic acids is 1. The number of nitrogens with zero attached hydrogens (tertiary/aromatic N) is 2. The van der Waals surface area contributed by atoms with E-state index in [-0.39, 0.29) is 16.7 Å². The number of methoxy groups -OCH3 is 1. The van der Waals surface area contributed by atoms with Gasteiger partial charge in [0.15, 0.2) is 5.15 Å². The number of carbonyl (C=O) groups is 1. The van der Waals surface area contributed by atoms with Gasteiger partial charge in [0, 0.05) is 0 Å². The second-order valence-corrected chi connectivity index (χ2v) is 3.34. The molecule has 0 saturated carbocycles. The summed E-state index contributed by atoms with van der Waals surface area (Å²) in [4.78, 5) is 18.3. The molecule has 0 aliphatic carbocycles. The Morgan fingerprint density at radius 2 is 2.21 bits per heavy atom. The van der Waals surface area contributed by atoms with Crippen LogP contribution in [-0.4, -0.2) is 34.4 Å². The van der Waals surface area contributed by atoms with Gasteiger partial charge in [-0.3, -0.25) is 0 Å². The van der Waals surface area contributed by atoms with E-state index in [2.05, 4.69) is 9.97 Å². The molecule has 0 radical (unpaired) electrons. The van der Waals surface area contributed by atoms with Crippen LogP contribution in [0.5, 0.6) is 5.88 Å². The highest BCUT2D eigenvalue weighted by Crippen LogP contribution is 2.25. The lowest BCUT2D eigenvalue weighted by Crippen LogP contribution is -2.06. The normalized spacial score (nSPS) is 9.93. The van der Waals surface area contributed by atoms with Crippen LogP contribution in [-0.2, 0) is 0 Å². The summed E-state index contributed by atoms with van der Waals surface area (Å²) in [6, 6.07) is 0. The molecule has 0 amide bonds. The van der Waals surface area contributed by atoms with Crippen molar-refractivity contribution in [2.75, 3.05) is 13.4 Å². The zero-order chi connectivity index (χ0) is 10.7. The lowest BCUT2D eigenvalue weighted by molar-refractivity contribution is 0.0685. The molecule has 0 atom stereocenters. The van der Waals surface area contributed by atoms with Crippen LogP contribution in [0, 0.1) is 0 Å². The minimum absolute atomic E-state index is 0.0359. The highest BCUT2D eigenvalue weighted by atomic mass is 35.5. The van der Waals surface area contributed by atoms with Gasteiger partial charge in [0.2, 0.25) is 11.6 Å². The Kier molecular flexibility index (Phi) is 3.54. The summed E-state index contributed by atoms with van der Waals surface area (Å²) in [5, 5.41) is 9.24. The van der Waals surface area contributed by atoms with Crippen molar-refractivity contribution in [1.29, 1.82) is 0 Å². The van der Waals surface area contributed by atoms with Crippen molar-refractivity contribution in [2.24, 2.45) is 0 Å². The summed E-state index contributed by atoms with van der Waals surface area (Å²) in [6.45, 7) is 0. The van der Waals surface area contributed by atoms with Gasteiger partial charge in [-0.05, 0) is 6.26 Å². The number of rotatable bonds is 3. The highest BCUT2D eigenvalue weighted by Gasteiger charge is 2.17. The Morgan fingerprint density at radius 3 is 2.64 bits per heavy atom. The molecule has 0 unspecified atom stereocenters. The van der Waals surface area contributed by atoms with Gasteiger partial charge in [-0.15, -0.1) is 11.8 Å². The van der Waals surface area contributed by atoms with E-state index in [1.54, 1.807) is 6.26 Å². The standard InChI is InChI=1S/C7H7ClN2O3S/c1-13-5-3(7(11)12)9-4(8)6(10-5)14-2/h1-2H3,(H,11,12). The monoisotopic (exact) mass is 234 g/mol. The van der Waals surface area contributed by atoms with Gasteiger partial charge in [0.1, 0.15) is 5.03 Å². The fraction of sp³-hybridized carbons (Fsp3) is 0.286. The minimum atomic E-state index is -1.22. The molecular weight excluding hydrogens is 228 g/mol. The van der Waals surface area contributed by atoms with Gasteiger partial charge >= 0.3 is 5.97 Å². The molecule has 1 aromatic heterocycles. The van der Waals surface area contributed by atoms with Gasteiger partial charge in [0.25, 0.3) is 0 Å². The first kappa shape index (κ1) is 11.1. The van der Waals surface area contributed by atoms with E-state index in [9.17, 15) is 4.79 Å². The Morgan fingerprint density at radius 1 is 1.57 bits per heavy atom. The molecule has 0 bridgehead atoms. The summed E-state index contributed by atoms with van der Waals surface area (Å²) in [7, 11) is 1.33. The average Bonchev–Trinajstić information content (AvgIpc) is 2.17. The van der Waals surface area contributed by atoms with Crippen molar-refractivity contribution < 1.29 is 14.6 Å². The fourth-order valence-electron chi connectivity index (χ4n) is 0.797. The molecule has 14 heavy (non-hydrogen) atoms. The molecule has 76 valence electrons. The molecule has 5 nitrogen and oxygen atoms in total. The minimum Gasteiger partial charge on any atom is -0.479 e. The van der Waals surface area contributed by atoms with E-state index in [4.69, 9.17) is 21.4 Å². The van der Waals surface area contributed by atoms with Gasteiger partial charge < -0.3 is 9.84 Å². The topological polar surface area (TPSA) is 72.3 Å². The number of halogens is 1. The molecule has 0 saturated heterocycles. The largest absolute Gasteiger partial charge is 0.479 e. The molecule has 1 heterocycles. The van der Waals surface area contributed by atoms with Gasteiger partial charge in [0.05, 0.1) is 7.11 Å². The van der Waals surface area contributed by atoms with Crippen molar-refractivity contribution in [3.05, 3.63) is 10.8 Å². The molecule has 1 N–H and O–H groups in total. The first-order valence-electron chi connectivity index (χ1n) is 3.49. The third kappa shape index (κ3) is 2.08. The number of thioether (sulfide) groups is 1. The van der Waals surface area contributed by atoms with Crippen LogP contribution in [0.2, 0.25) is 5.15 Å². The maximum absolute atomic E-state index is 10.7. The van der Waals surface area contributed by atoms with E-state index in [1.165, 1.54) is 18.9 Å². The molecule has 0 spiro atoms. The number of carboxylic acid groups (broad SMARTS) is 1. The number of ether oxygens (including phenoxy) is 1. The molecular formula is C7H7ClN2O3S. The van der Waals surface area contributed by atoms with E-state index in [0.717, 1.165) is 0 Å². The van der Waals surface area contributed by atoms with Crippen LogP contribution in [0.3, 0.4) is 0 Å². The Bertz CT molecular complexity index is 372. The molecule has 0 aliphatic rings. The van der Waals surface area contributed by atoms with Crippen LogP contribution in [0.1, 0.15) is 10.5 Å². The summed E-state index contributed by atoms with van der Waals surface area (Å²) < 4.78 is 4.78. The third-order valence-corrected chi connectivity index (χ3v) is 2.43. The van der Waals surface area contributed by atoms with Crippen LogP contribution in [0.25, 0.3) is 0 Å². The second kappa shape index (κ2) is 4.47. The van der Waals surface area contributed by atoms with Crippen molar-refractivity contribution in [2.45, 2.75) is 5.03 Å². The maximum atomic E-state index is 10.7. The lowest BCUT2D eigenvalue weighted by atomic mass is 10.4. The first-order valence-corrected chi connectivity index (χ1v) is 5.09. The van der Waals surface area contributed by atoms with E-state index < -0.39 is 5.97 Å². The molecule has 0 fully saturated rings. The third-order valence-electron chi connectivity index (χ3n) is 1.38. The van der Waals surface area contributed by atoms with Crippen LogP contribution in [0.4, 0.5) is 0 Å². The van der Waals surface area contributed by atoms with E-state index in [0.29, 0.717) is 5.03 Å². The first-order chi connectivity index (χ1) is 6.60. The van der Waals surface area contributed by atoms with Crippen molar-refractivity contribution >= 4 is 29.3 Å². The van der Waals surface area contributed by atoms with E-state index >= 15 is 0 Å². The highest BCUT2D eigenvalue weighted by molar-refractivity contribution is 7.98. The molecule has 1 aromatic rings. The number of aromatic nitrogens is 2. The predicted octanol–water partition coefficient (Wildman–Crippen LogP) is 1.56. The van der Waals surface area contributed by atoms with Crippen molar-refractivity contribution in [3.8, 4) is 5.88 Å². The summed E-state index contributed by atoms with van der Waals surface area (Å²) in [6.07, 6.45) is 1.76. The molecule has 1 rings (SSSR count).